The topological polar surface area (TPSA) is 93.1 Å². The summed E-state index contributed by atoms with van der Waals surface area (Å²) in [7, 11) is 1.67. The summed E-state index contributed by atoms with van der Waals surface area (Å²) in [6.45, 7) is 3.46. The Balaban J connectivity index is 1.51. The van der Waals surface area contributed by atoms with Gasteiger partial charge in [0.2, 0.25) is 11.8 Å². The van der Waals surface area contributed by atoms with Crippen LogP contribution in [0.25, 0.3) is 21.3 Å². The van der Waals surface area contributed by atoms with Gasteiger partial charge < -0.3 is 10.6 Å². The van der Waals surface area contributed by atoms with E-state index >= 15 is 0 Å². The molecule has 2 amide bonds. The van der Waals surface area contributed by atoms with Gasteiger partial charge in [-0.25, -0.2) is 4.98 Å². The highest BCUT2D eigenvalue weighted by Gasteiger charge is 2.16. The number of anilines is 2. The lowest BCUT2D eigenvalue weighted by molar-refractivity contribution is -0.114. The lowest BCUT2D eigenvalue weighted by Gasteiger charge is -2.09. The summed E-state index contributed by atoms with van der Waals surface area (Å²) in [6.07, 6.45) is 0. The van der Waals surface area contributed by atoms with Crippen LogP contribution in [0.3, 0.4) is 0 Å². The zero-order chi connectivity index (χ0) is 23.5. The average Bonchev–Trinajstić information content (AvgIpc) is 3.21. The molecule has 0 fully saturated rings. The van der Waals surface area contributed by atoms with Crippen molar-refractivity contribution in [2.75, 3.05) is 16.4 Å². The molecule has 33 heavy (non-hydrogen) atoms. The molecule has 0 spiro atoms. The Hall–Kier alpha value is -3.43. The van der Waals surface area contributed by atoms with Crippen molar-refractivity contribution in [3.8, 4) is 11.1 Å². The van der Waals surface area contributed by atoms with Crippen molar-refractivity contribution in [1.29, 1.82) is 0 Å². The van der Waals surface area contributed by atoms with Gasteiger partial charge >= 0.3 is 0 Å². The number of nitrogens with one attached hydrogen (secondary N) is 2. The SMILES string of the molecule is CC(=O)Nc1ccc(NC(=O)CSc2nc3c(-c4ccc(C)cc4)csc3c(=O)n2C)cc1. The third kappa shape index (κ3) is 5.15. The average molecular weight is 479 g/mol. The van der Waals surface area contributed by atoms with E-state index in [1.807, 2.05) is 36.6 Å². The van der Waals surface area contributed by atoms with E-state index < -0.39 is 0 Å². The minimum atomic E-state index is -0.217. The highest BCUT2D eigenvalue weighted by molar-refractivity contribution is 7.99. The Morgan fingerprint density at radius 2 is 1.67 bits per heavy atom. The summed E-state index contributed by atoms with van der Waals surface area (Å²) in [6, 6.07) is 15.0. The van der Waals surface area contributed by atoms with Crippen LogP contribution in [0.1, 0.15) is 12.5 Å². The molecule has 0 saturated heterocycles. The quantitative estimate of drug-likeness (QED) is 0.311. The summed E-state index contributed by atoms with van der Waals surface area (Å²) in [5.41, 5.74) is 4.88. The van der Waals surface area contributed by atoms with Crippen LogP contribution in [-0.2, 0) is 16.6 Å². The number of thiophene rings is 1. The normalized spacial score (nSPS) is 10.9. The number of thioether (sulfide) groups is 1. The van der Waals surface area contributed by atoms with Gasteiger partial charge in [0.05, 0.1) is 11.3 Å². The predicted octanol–water partition coefficient (Wildman–Crippen LogP) is 4.66. The largest absolute Gasteiger partial charge is 0.326 e. The molecule has 0 aliphatic rings. The second-order valence-electron chi connectivity index (χ2n) is 7.55. The lowest BCUT2D eigenvalue weighted by Crippen LogP contribution is -2.20. The summed E-state index contributed by atoms with van der Waals surface area (Å²) in [4.78, 5) is 41.2. The summed E-state index contributed by atoms with van der Waals surface area (Å²) < 4.78 is 2.08. The maximum atomic E-state index is 12.9. The molecule has 2 N–H and O–H groups in total. The Morgan fingerprint density at radius 1 is 1.03 bits per heavy atom. The first-order valence-corrected chi connectivity index (χ1v) is 12.0. The number of aryl methyl sites for hydroxylation is 1. The van der Waals surface area contributed by atoms with Crippen LogP contribution in [0.4, 0.5) is 11.4 Å². The van der Waals surface area contributed by atoms with Crippen molar-refractivity contribution in [2.24, 2.45) is 7.05 Å². The van der Waals surface area contributed by atoms with Gasteiger partial charge in [-0.2, -0.15) is 0 Å². The van der Waals surface area contributed by atoms with Crippen molar-refractivity contribution >= 4 is 56.5 Å². The van der Waals surface area contributed by atoms with Crippen molar-refractivity contribution in [2.45, 2.75) is 19.0 Å². The van der Waals surface area contributed by atoms with Gasteiger partial charge in [-0.05, 0) is 36.8 Å². The smallest absolute Gasteiger partial charge is 0.271 e. The molecular weight excluding hydrogens is 456 g/mol. The van der Waals surface area contributed by atoms with Gasteiger partial charge in [0.1, 0.15) is 4.70 Å². The summed E-state index contributed by atoms with van der Waals surface area (Å²) in [5, 5.41) is 7.93. The van der Waals surface area contributed by atoms with Gasteiger partial charge in [0.15, 0.2) is 5.16 Å². The molecule has 0 aliphatic heterocycles. The molecule has 2 aromatic carbocycles. The molecule has 168 valence electrons. The number of aromatic nitrogens is 2. The fraction of sp³-hybridized carbons (Fsp3) is 0.167. The van der Waals surface area contributed by atoms with Gasteiger partial charge in [0.25, 0.3) is 5.56 Å². The van der Waals surface area contributed by atoms with Crippen molar-refractivity contribution in [3.63, 3.8) is 0 Å². The second kappa shape index (κ2) is 9.60. The molecule has 0 unspecified atom stereocenters. The molecule has 2 aromatic heterocycles. The molecule has 0 radical (unpaired) electrons. The minimum Gasteiger partial charge on any atom is -0.326 e. The van der Waals surface area contributed by atoms with Crippen molar-refractivity contribution < 1.29 is 9.59 Å². The molecule has 0 bridgehead atoms. The van der Waals surface area contributed by atoms with Crippen LogP contribution >= 0.6 is 23.1 Å². The maximum Gasteiger partial charge on any atom is 0.271 e. The van der Waals surface area contributed by atoms with Crippen molar-refractivity contribution in [3.05, 3.63) is 69.8 Å². The molecular formula is C24H22N4O3S2. The van der Waals surface area contributed by atoms with E-state index in [-0.39, 0.29) is 23.1 Å². The second-order valence-corrected chi connectivity index (χ2v) is 9.37. The predicted molar refractivity (Wildman–Crippen MR) is 135 cm³/mol. The van der Waals surface area contributed by atoms with Crippen molar-refractivity contribution in [1.82, 2.24) is 9.55 Å². The zero-order valence-corrected chi connectivity index (χ0v) is 20.0. The molecule has 9 heteroatoms. The third-order valence-corrected chi connectivity index (χ3v) is 6.93. The van der Waals surface area contributed by atoms with Crippen LogP contribution in [0.2, 0.25) is 0 Å². The summed E-state index contributed by atoms with van der Waals surface area (Å²) in [5.74, 6) is -0.274. The Labute approximate surface area is 198 Å². The molecule has 0 aliphatic carbocycles. The van der Waals surface area contributed by atoms with E-state index in [1.54, 1.807) is 31.3 Å². The first kappa shape index (κ1) is 22.8. The lowest BCUT2D eigenvalue weighted by atomic mass is 10.1. The number of carbonyl (C=O) groups excluding carboxylic acids is 2. The fourth-order valence-electron chi connectivity index (χ4n) is 3.26. The molecule has 0 saturated carbocycles. The van der Waals surface area contributed by atoms with E-state index in [2.05, 4.69) is 10.6 Å². The molecule has 4 aromatic rings. The van der Waals surface area contributed by atoms with Crippen LogP contribution in [0, 0.1) is 6.92 Å². The number of rotatable bonds is 6. The summed E-state index contributed by atoms with van der Waals surface area (Å²) >= 11 is 2.59. The van der Waals surface area contributed by atoms with E-state index in [4.69, 9.17) is 4.98 Å². The van der Waals surface area contributed by atoms with Crippen LogP contribution in [0.5, 0.6) is 0 Å². The van der Waals surface area contributed by atoms with Gasteiger partial charge in [-0.15, -0.1) is 11.3 Å². The number of amides is 2. The maximum absolute atomic E-state index is 12.9. The number of carbonyl (C=O) groups is 2. The van der Waals surface area contributed by atoms with Gasteiger partial charge in [0, 0.05) is 36.3 Å². The van der Waals surface area contributed by atoms with E-state index in [0.29, 0.717) is 26.7 Å². The van der Waals surface area contributed by atoms with E-state index in [1.165, 1.54) is 34.6 Å². The third-order valence-electron chi connectivity index (χ3n) is 4.94. The number of nitrogens with zero attached hydrogens (tertiary/aromatic N) is 2. The van der Waals surface area contributed by atoms with Crippen LogP contribution < -0.4 is 16.2 Å². The zero-order valence-electron chi connectivity index (χ0n) is 18.3. The molecule has 7 nitrogen and oxygen atoms in total. The van der Waals surface area contributed by atoms with Gasteiger partial charge in [-0.1, -0.05) is 41.6 Å². The Morgan fingerprint density at radius 3 is 2.30 bits per heavy atom. The Kier molecular flexibility index (Phi) is 6.62. The molecule has 2 heterocycles. The molecule has 4 rings (SSSR count). The number of hydrogen-bond donors (Lipinski definition) is 2. The number of hydrogen-bond acceptors (Lipinski definition) is 6. The number of fused-ring (bicyclic) bond motifs is 1. The number of benzene rings is 2. The van der Waals surface area contributed by atoms with E-state index in [0.717, 1.165) is 16.7 Å². The van der Waals surface area contributed by atoms with Gasteiger partial charge in [-0.3, -0.25) is 19.0 Å². The van der Waals surface area contributed by atoms with Crippen LogP contribution in [0.15, 0.2) is 63.9 Å². The fourth-order valence-corrected chi connectivity index (χ4v) is 5.01. The highest BCUT2D eigenvalue weighted by atomic mass is 32.2. The highest BCUT2D eigenvalue weighted by Crippen LogP contribution is 2.32. The first-order valence-electron chi connectivity index (χ1n) is 10.2. The minimum absolute atomic E-state index is 0.100. The standard InChI is InChI=1S/C24H22N4O3S2/c1-14-4-6-16(7-5-14)19-12-32-22-21(19)27-24(28(3)23(22)31)33-13-20(30)26-18-10-8-17(9-11-18)25-15(2)29/h4-12H,13H2,1-3H3,(H,25,29)(H,26,30). The molecule has 0 atom stereocenters. The van der Waals surface area contributed by atoms with E-state index in [9.17, 15) is 14.4 Å². The van der Waals surface area contributed by atoms with Crippen LogP contribution in [-0.4, -0.2) is 27.1 Å². The first-order chi connectivity index (χ1) is 15.8. The monoisotopic (exact) mass is 478 g/mol. The Bertz CT molecular complexity index is 1390.